The van der Waals surface area contributed by atoms with Crippen LogP contribution in [-0.4, -0.2) is 11.8 Å². The number of Topliss-reactive ketones (excluding diaryl/α,β-unsaturated/α-hetero) is 1. The zero-order valence-corrected chi connectivity index (χ0v) is 15.0. The van der Waals surface area contributed by atoms with Crippen molar-refractivity contribution in [3.8, 4) is 11.5 Å². The number of carbonyl (C=O) groups is 2. The molecule has 0 spiro atoms. The van der Waals surface area contributed by atoms with Crippen molar-refractivity contribution < 1.29 is 23.5 Å². The lowest BCUT2D eigenvalue weighted by molar-refractivity contribution is -0.128. The number of fused-ring (bicyclic) bond motifs is 1. The number of ketones is 1. The molecular weight excluding hydrogens is 356 g/mol. The molecule has 0 N–H and O–H groups in total. The first-order chi connectivity index (χ1) is 13.6. The van der Waals surface area contributed by atoms with Gasteiger partial charge in [-0.25, -0.2) is 4.79 Å². The SMILES string of the molecule is Cc1ccc(/C=C2\Oc3cc(OC(=O)/C=C/c4ccccc4)ccc3C2=O)o1. The summed E-state index contributed by atoms with van der Waals surface area (Å²) in [6.07, 6.45) is 4.56. The Hall–Kier alpha value is -3.86. The van der Waals surface area contributed by atoms with Crippen molar-refractivity contribution in [1.82, 2.24) is 0 Å². The van der Waals surface area contributed by atoms with Gasteiger partial charge in [-0.3, -0.25) is 4.79 Å². The molecule has 138 valence electrons. The van der Waals surface area contributed by atoms with Gasteiger partial charge in [0.1, 0.15) is 23.0 Å². The summed E-state index contributed by atoms with van der Waals surface area (Å²) in [7, 11) is 0. The number of benzene rings is 2. The van der Waals surface area contributed by atoms with E-state index < -0.39 is 5.97 Å². The van der Waals surface area contributed by atoms with Gasteiger partial charge >= 0.3 is 5.97 Å². The predicted molar refractivity (Wildman–Crippen MR) is 104 cm³/mol. The van der Waals surface area contributed by atoms with Crippen molar-refractivity contribution in [2.24, 2.45) is 0 Å². The quantitative estimate of drug-likeness (QED) is 0.373. The number of rotatable bonds is 4. The molecule has 5 heteroatoms. The molecule has 1 aliphatic heterocycles. The zero-order chi connectivity index (χ0) is 19.5. The van der Waals surface area contributed by atoms with Crippen LogP contribution in [0.2, 0.25) is 0 Å². The second-order valence-corrected chi connectivity index (χ2v) is 6.21. The molecule has 2 heterocycles. The van der Waals surface area contributed by atoms with E-state index in [4.69, 9.17) is 13.9 Å². The van der Waals surface area contributed by atoms with Crippen LogP contribution in [-0.2, 0) is 4.79 Å². The number of hydrogen-bond donors (Lipinski definition) is 0. The Labute approximate surface area is 161 Å². The summed E-state index contributed by atoms with van der Waals surface area (Å²) in [5, 5.41) is 0. The summed E-state index contributed by atoms with van der Waals surface area (Å²) in [6.45, 7) is 1.82. The molecule has 0 bridgehead atoms. The minimum absolute atomic E-state index is 0.164. The maximum absolute atomic E-state index is 12.4. The van der Waals surface area contributed by atoms with Gasteiger partial charge in [0.2, 0.25) is 5.78 Å². The van der Waals surface area contributed by atoms with Crippen LogP contribution >= 0.6 is 0 Å². The minimum atomic E-state index is -0.519. The Bertz CT molecular complexity index is 1100. The van der Waals surface area contributed by atoms with Crippen LogP contribution in [0.25, 0.3) is 12.2 Å². The minimum Gasteiger partial charge on any atom is -0.462 e. The lowest BCUT2D eigenvalue weighted by Gasteiger charge is -2.03. The Balaban J connectivity index is 1.48. The molecule has 0 amide bonds. The lowest BCUT2D eigenvalue weighted by atomic mass is 10.1. The summed E-state index contributed by atoms with van der Waals surface area (Å²) in [5.74, 6) is 1.32. The predicted octanol–water partition coefficient (Wildman–Crippen LogP) is 4.82. The maximum Gasteiger partial charge on any atom is 0.336 e. The van der Waals surface area contributed by atoms with Gasteiger partial charge in [-0.2, -0.15) is 0 Å². The fraction of sp³-hybridized carbons (Fsp3) is 0.0435. The molecule has 0 unspecified atom stereocenters. The van der Waals surface area contributed by atoms with E-state index in [0.29, 0.717) is 22.8 Å². The third-order valence-electron chi connectivity index (χ3n) is 4.11. The summed E-state index contributed by atoms with van der Waals surface area (Å²) in [5.41, 5.74) is 1.31. The largest absolute Gasteiger partial charge is 0.462 e. The second kappa shape index (κ2) is 7.40. The van der Waals surface area contributed by atoms with Crippen molar-refractivity contribution in [3.63, 3.8) is 0 Å². The Morgan fingerprint density at radius 1 is 1.04 bits per heavy atom. The number of hydrogen-bond acceptors (Lipinski definition) is 5. The van der Waals surface area contributed by atoms with E-state index >= 15 is 0 Å². The van der Waals surface area contributed by atoms with E-state index in [0.717, 1.165) is 11.3 Å². The number of esters is 1. The van der Waals surface area contributed by atoms with Crippen LogP contribution in [0, 0.1) is 6.92 Å². The molecule has 0 atom stereocenters. The van der Waals surface area contributed by atoms with Gasteiger partial charge in [0, 0.05) is 18.2 Å². The highest BCUT2D eigenvalue weighted by molar-refractivity contribution is 6.14. The van der Waals surface area contributed by atoms with Gasteiger partial charge in [-0.05, 0) is 42.8 Å². The summed E-state index contributed by atoms with van der Waals surface area (Å²) in [4.78, 5) is 24.5. The summed E-state index contributed by atoms with van der Waals surface area (Å²) in [6, 6.07) is 17.7. The van der Waals surface area contributed by atoms with Gasteiger partial charge in [0.15, 0.2) is 5.76 Å². The summed E-state index contributed by atoms with van der Waals surface area (Å²) < 4.78 is 16.4. The van der Waals surface area contributed by atoms with Crippen LogP contribution in [0.4, 0.5) is 0 Å². The second-order valence-electron chi connectivity index (χ2n) is 6.21. The van der Waals surface area contributed by atoms with Gasteiger partial charge in [-0.1, -0.05) is 30.3 Å². The van der Waals surface area contributed by atoms with Crippen LogP contribution in [0.15, 0.2) is 76.9 Å². The first-order valence-corrected chi connectivity index (χ1v) is 8.68. The van der Waals surface area contributed by atoms with Gasteiger partial charge in [0.05, 0.1) is 5.56 Å². The summed E-state index contributed by atoms with van der Waals surface area (Å²) >= 11 is 0. The molecule has 0 fully saturated rings. The maximum atomic E-state index is 12.4. The van der Waals surface area contributed by atoms with E-state index in [9.17, 15) is 9.59 Å². The Kier molecular flexibility index (Phi) is 4.64. The Morgan fingerprint density at radius 3 is 2.61 bits per heavy atom. The molecule has 1 aliphatic rings. The van der Waals surface area contributed by atoms with E-state index in [1.807, 2.05) is 37.3 Å². The number of allylic oxidation sites excluding steroid dienone is 1. The van der Waals surface area contributed by atoms with Crippen molar-refractivity contribution in [1.29, 1.82) is 0 Å². The van der Waals surface area contributed by atoms with Crippen LogP contribution in [0.3, 0.4) is 0 Å². The molecule has 5 nitrogen and oxygen atoms in total. The highest BCUT2D eigenvalue weighted by Crippen LogP contribution is 2.35. The van der Waals surface area contributed by atoms with Gasteiger partial charge in [0.25, 0.3) is 0 Å². The monoisotopic (exact) mass is 372 g/mol. The molecule has 3 aromatic rings. The average molecular weight is 372 g/mol. The topological polar surface area (TPSA) is 65.7 Å². The third-order valence-corrected chi connectivity index (χ3v) is 4.11. The molecule has 2 aromatic carbocycles. The normalized spacial score (nSPS) is 14.3. The molecule has 0 saturated heterocycles. The third kappa shape index (κ3) is 3.78. The number of furan rings is 1. The van der Waals surface area contributed by atoms with Crippen LogP contribution < -0.4 is 9.47 Å². The fourth-order valence-corrected chi connectivity index (χ4v) is 2.77. The lowest BCUT2D eigenvalue weighted by Crippen LogP contribution is -2.03. The van der Waals surface area contributed by atoms with E-state index in [-0.39, 0.29) is 11.5 Å². The number of carbonyl (C=O) groups excluding carboxylic acids is 2. The molecule has 4 rings (SSSR count). The molecule has 28 heavy (non-hydrogen) atoms. The molecule has 0 aliphatic carbocycles. The standard InChI is InChI=1S/C23H16O5/c1-15-7-9-17(26-15)14-21-23(25)19-11-10-18(13-20(19)28-21)27-22(24)12-8-16-5-3-2-4-6-16/h2-14H,1H3/b12-8+,21-14-. The number of ether oxygens (including phenoxy) is 2. The molecular formula is C23H16O5. The van der Waals surface area contributed by atoms with E-state index in [1.54, 1.807) is 36.4 Å². The smallest absolute Gasteiger partial charge is 0.336 e. The average Bonchev–Trinajstić information content (AvgIpc) is 3.24. The van der Waals surface area contributed by atoms with Crippen molar-refractivity contribution in [2.75, 3.05) is 0 Å². The van der Waals surface area contributed by atoms with Crippen molar-refractivity contribution >= 4 is 23.9 Å². The Morgan fingerprint density at radius 2 is 1.86 bits per heavy atom. The highest BCUT2D eigenvalue weighted by atomic mass is 16.5. The van der Waals surface area contributed by atoms with Crippen molar-refractivity contribution in [2.45, 2.75) is 6.92 Å². The molecule has 0 saturated carbocycles. The van der Waals surface area contributed by atoms with Crippen LogP contribution in [0.5, 0.6) is 11.5 Å². The zero-order valence-electron chi connectivity index (χ0n) is 15.0. The first-order valence-electron chi connectivity index (χ1n) is 8.68. The molecule has 1 aromatic heterocycles. The number of aryl methyl sites for hydroxylation is 1. The fourth-order valence-electron chi connectivity index (χ4n) is 2.77. The van der Waals surface area contributed by atoms with Crippen LogP contribution in [0.1, 0.15) is 27.4 Å². The van der Waals surface area contributed by atoms with Gasteiger partial charge < -0.3 is 13.9 Å². The first kappa shape index (κ1) is 17.5. The molecule has 0 radical (unpaired) electrons. The van der Waals surface area contributed by atoms with Crippen molar-refractivity contribution in [3.05, 3.63) is 95.1 Å². The van der Waals surface area contributed by atoms with E-state index in [1.165, 1.54) is 12.1 Å². The van der Waals surface area contributed by atoms with E-state index in [2.05, 4.69) is 0 Å². The van der Waals surface area contributed by atoms with Gasteiger partial charge in [-0.15, -0.1) is 0 Å². The highest BCUT2D eigenvalue weighted by Gasteiger charge is 2.28.